The van der Waals surface area contributed by atoms with Crippen molar-refractivity contribution in [1.82, 2.24) is 19.5 Å². The molecule has 1 aromatic carbocycles. The number of aromatic nitrogens is 4. The van der Waals surface area contributed by atoms with Gasteiger partial charge >= 0.3 is 0 Å². The van der Waals surface area contributed by atoms with Crippen molar-refractivity contribution in [3.8, 4) is 11.6 Å². The molecule has 0 radical (unpaired) electrons. The standard InChI is InChI=1S/C20H12F2N6O/c21-14-2-1-12(8-15(14)22)27-4-3-11-7-13(9-23-18(11)27)28-5-6-29-20-16-17(24-10-25-20)26-19(16)28/h1-4,7-10H,5-6H2. The lowest BCUT2D eigenvalue weighted by Crippen LogP contribution is -2.35. The van der Waals surface area contributed by atoms with Crippen LogP contribution in [0.4, 0.5) is 20.3 Å². The highest BCUT2D eigenvalue weighted by atomic mass is 19.2. The van der Waals surface area contributed by atoms with Gasteiger partial charge in [-0.1, -0.05) is 0 Å². The fourth-order valence-corrected chi connectivity index (χ4v) is 3.64. The molecule has 9 heteroatoms. The molecule has 4 aromatic rings. The molecule has 0 aliphatic carbocycles. The molecule has 5 heterocycles. The Morgan fingerprint density at radius 3 is 2.79 bits per heavy atom. The maximum Gasteiger partial charge on any atom is 0.230 e. The Balaban J connectivity index is 1.41. The van der Waals surface area contributed by atoms with Crippen molar-refractivity contribution in [3.05, 3.63) is 66.3 Å². The Labute approximate surface area is 162 Å². The smallest absolute Gasteiger partial charge is 0.230 e. The number of hydrogen-bond donors (Lipinski definition) is 0. The highest BCUT2D eigenvalue weighted by Gasteiger charge is 2.34. The van der Waals surface area contributed by atoms with Gasteiger partial charge in [-0.2, -0.15) is 0 Å². The minimum atomic E-state index is -0.898. The van der Waals surface area contributed by atoms with E-state index in [1.54, 1.807) is 17.0 Å². The van der Waals surface area contributed by atoms with Crippen LogP contribution in [0.25, 0.3) is 16.7 Å². The normalized spacial score (nSPS) is 14.7. The van der Waals surface area contributed by atoms with E-state index in [0.29, 0.717) is 36.2 Å². The summed E-state index contributed by atoms with van der Waals surface area (Å²) >= 11 is 0. The Morgan fingerprint density at radius 1 is 0.966 bits per heavy atom. The van der Waals surface area contributed by atoms with E-state index in [2.05, 4.69) is 19.9 Å². The van der Waals surface area contributed by atoms with Crippen LogP contribution in [0.5, 0.6) is 5.88 Å². The van der Waals surface area contributed by atoms with E-state index in [-0.39, 0.29) is 0 Å². The van der Waals surface area contributed by atoms with E-state index in [0.717, 1.165) is 34.6 Å². The average molecular weight is 390 g/mol. The Kier molecular flexibility index (Phi) is 3.23. The van der Waals surface area contributed by atoms with Crippen LogP contribution < -0.4 is 9.64 Å². The van der Waals surface area contributed by atoms with Crippen LogP contribution in [0.2, 0.25) is 0 Å². The van der Waals surface area contributed by atoms with Crippen molar-refractivity contribution < 1.29 is 13.5 Å². The molecule has 0 saturated heterocycles. The summed E-state index contributed by atoms with van der Waals surface area (Å²) in [6.45, 7) is 1.04. The minimum Gasteiger partial charge on any atom is -0.475 e. The molecule has 142 valence electrons. The maximum atomic E-state index is 13.6. The molecule has 0 saturated carbocycles. The van der Waals surface area contributed by atoms with E-state index in [1.807, 2.05) is 17.0 Å². The number of ether oxygens (including phenoxy) is 1. The number of halogens is 2. The number of pyridine rings is 1. The summed E-state index contributed by atoms with van der Waals surface area (Å²) < 4.78 is 34.3. The molecule has 0 unspecified atom stereocenters. The van der Waals surface area contributed by atoms with Crippen molar-refractivity contribution >= 4 is 28.4 Å². The van der Waals surface area contributed by atoms with Gasteiger partial charge in [0.15, 0.2) is 23.3 Å². The fourth-order valence-electron chi connectivity index (χ4n) is 3.64. The van der Waals surface area contributed by atoms with E-state index in [4.69, 9.17) is 4.74 Å². The molecule has 0 amide bonds. The van der Waals surface area contributed by atoms with Crippen molar-refractivity contribution in [2.75, 3.05) is 18.1 Å². The molecule has 0 atom stereocenters. The topological polar surface area (TPSA) is 68.4 Å². The van der Waals surface area contributed by atoms with Crippen LogP contribution in [0.15, 0.2) is 54.0 Å². The second-order valence-corrected chi connectivity index (χ2v) is 6.70. The molecular weight excluding hydrogens is 378 g/mol. The molecule has 0 bridgehead atoms. The molecule has 6 rings (SSSR count). The molecule has 2 aliphatic rings. The summed E-state index contributed by atoms with van der Waals surface area (Å²) in [7, 11) is 0. The second kappa shape index (κ2) is 5.81. The Morgan fingerprint density at radius 2 is 1.90 bits per heavy atom. The van der Waals surface area contributed by atoms with Crippen LogP contribution in [0.1, 0.15) is 5.56 Å². The quantitative estimate of drug-likeness (QED) is 0.525. The first-order valence-electron chi connectivity index (χ1n) is 8.96. The second-order valence-electron chi connectivity index (χ2n) is 6.70. The molecule has 0 spiro atoms. The lowest BCUT2D eigenvalue weighted by atomic mass is 10.1. The van der Waals surface area contributed by atoms with Crippen LogP contribution >= 0.6 is 0 Å². The molecule has 29 heavy (non-hydrogen) atoms. The predicted octanol–water partition coefficient (Wildman–Crippen LogP) is 3.38. The van der Waals surface area contributed by atoms with Crippen molar-refractivity contribution in [2.24, 2.45) is 4.99 Å². The summed E-state index contributed by atoms with van der Waals surface area (Å²) in [6.07, 6.45) is 4.95. The number of fused-ring (bicyclic) bond motifs is 1. The Bertz CT molecular complexity index is 1330. The van der Waals surface area contributed by atoms with Gasteiger partial charge in [0.2, 0.25) is 5.88 Å². The van der Waals surface area contributed by atoms with Gasteiger partial charge < -0.3 is 14.2 Å². The van der Waals surface area contributed by atoms with Crippen LogP contribution in [0, 0.1) is 11.6 Å². The zero-order valence-corrected chi connectivity index (χ0v) is 14.9. The van der Waals surface area contributed by atoms with E-state index < -0.39 is 11.6 Å². The first-order valence-corrected chi connectivity index (χ1v) is 8.96. The summed E-state index contributed by atoms with van der Waals surface area (Å²) in [6, 6.07) is 7.63. The number of anilines is 1. The van der Waals surface area contributed by atoms with Gasteiger partial charge in [-0.15, -0.1) is 0 Å². The molecule has 7 nitrogen and oxygen atoms in total. The van der Waals surface area contributed by atoms with Crippen LogP contribution in [-0.2, 0) is 0 Å². The first-order chi connectivity index (χ1) is 14.2. The number of nitrogens with zero attached hydrogens (tertiary/aromatic N) is 6. The van der Waals surface area contributed by atoms with Gasteiger partial charge in [-0.3, -0.25) is 0 Å². The third-order valence-corrected chi connectivity index (χ3v) is 5.04. The fraction of sp³-hybridized carbons (Fsp3) is 0.100. The van der Waals surface area contributed by atoms with Crippen molar-refractivity contribution in [2.45, 2.75) is 0 Å². The van der Waals surface area contributed by atoms with Crippen molar-refractivity contribution in [1.29, 1.82) is 0 Å². The van der Waals surface area contributed by atoms with E-state index in [9.17, 15) is 8.78 Å². The molecular formula is C20H12F2N6O. The number of rotatable bonds is 2. The van der Waals surface area contributed by atoms with Gasteiger partial charge in [0.1, 0.15) is 24.1 Å². The van der Waals surface area contributed by atoms with Crippen molar-refractivity contribution in [3.63, 3.8) is 0 Å². The monoisotopic (exact) mass is 390 g/mol. The highest BCUT2D eigenvalue weighted by molar-refractivity contribution is 6.20. The van der Waals surface area contributed by atoms with Crippen LogP contribution in [0.3, 0.4) is 0 Å². The summed E-state index contributed by atoms with van der Waals surface area (Å²) in [4.78, 5) is 19.4. The Hall–Kier alpha value is -3.88. The first kappa shape index (κ1) is 16.1. The summed E-state index contributed by atoms with van der Waals surface area (Å²) in [5.74, 6) is 0.143. The van der Waals surface area contributed by atoms with Gasteiger partial charge in [0.25, 0.3) is 0 Å². The van der Waals surface area contributed by atoms with Gasteiger partial charge in [-0.05, 0) is 24.3 Å². The average Bonchev–Trinajstić information content (AvgIpc) is 3.04. The zero-order chi connectivity index (χ0) is 19.5. The van der Waals surface area contributed by atoms with Gasteiger partial charge in [0, 0.05) is 17.6 Å². The molecule has 0 fully saturated rings. The molecule has 0 N–H and O–H groups in total. The number of aliphatic imine (C=N–C) groups is 1. The van der Waals surface area contributed by atoms with Gasteiger partial charge in [0.05, 0.1) is 24.1 Å². The number of hydrogen-bond acceptors (Lipinski definition) is 6. The maximum absolute atomic E-state index is 13.6. The molecule has 2 aliphatic heterocycles. The van der Waals surface area contributed by atoms with E-state index >= 15 is 0 Å². The highest BCUT2D eigenvalue weighted by Crippen LogP contribution is 2.38. The van der Waals surface area contributed by atoms with Crippen LogP contribution in [-0.4, -0.2) is 38.5 Å². The largest absolute Gasteiger partial charge is 0.475 e. The lowest BCUT2D eigenvalue weighted by Gasteiger charge is -2.27. The third kappa shape index (κ3) is 2.33. The number of benzene rings is 1. The zero-order valence-electron chi connectivity index (χ0n) is 14.9. The SMILES string of the molecule is Fc1ccc(-n2ccc3cc(N4CCOc5ncnc6c5C4=N6)cnc32)cc1F. The van der Waals surface area contributed by atoms with E-state index in [1.165, 1.54) is 12.4 Å². The number of amidine groups is 1. The summed E-state index contributed by atoms with van der Waals surface area (Å²) in [5, 5.41) is 0.863. The lowest BCUT2D eigenvalue weighted by molar-refractivity contribution is 0.319. The van der Waals surface area contributed by atoms with Gasteiger partial charge in [-0.25, -0.2) is 28.7 Å². The predicted molar refractivity (Wildman–Crippen MR) is 102 cm³/mol. The third-order valence-electron chi connectivity index (χ3n) is 5.04. The molecule has 3 aromatic heterocycles. The minimum absolute atomic E-state index is 0.455. The summed E-state index contributed by atoms with van der Waals surface area (Å²) in [5.41, 5.74) is 2.81.